The number of ether oxygens (including phenoxy) is 1. The highest BCUT2D eigenvalue weighted by Crippen LogP contribution is 2.42. The zero-order valence-corrected chi connectivity index (χ0v) is 13.3. The van der Waals surface area contributed by atoms with Gasteiger partial charge in [0.05, 0.1) is 16.7 Å². The van der Waals surface area contributed by atoms with Crippen LogP contribution in [0.3, 0.4) is 0 Å². The maximum atomic E-state index is 6.19. The van der Waals surface area contributed by atoms with Crippen LogP contribution in [-0.2, 0) is 4.74 Å². The fraction of sp³-hybridized carbons (Fsp3) is 0.625. The van der Waals surface area contributed by atoms with Gasteiger partial charge in [-0.3, -0.25) is 0 Å². The molecule has 0 aliphatic carbocycles. The largest absolute Gasteiger partial charge is 0.381 e. The van der Waals surface area contributed by atoms with Gasteiger partial charge in [-0.05, 0) is 49.8 Å². The first kappa shape index (κ1) is 14.6. The molecule has 2 nitrogen and oxygen atoms in total. The molecule has 2 saturated heterocycles. The molecule has 1 aromatic carbocycles. The van der Waals surface area contributed by atoms with E-state index in [0.29, 0.717) is 34.0 Å². The molecule has 4 heteroatoms. The third-order valence-electron chi connectivity index (χ3n) is 4.73. The van der Waals surface area contributed by atoms with Crippen LogP contribution in [0.1, 0.15) is 37.7 Å². The summed E-state index contributed by atoms with van der Waals surface area (Å²) < 4.78 is 5.73. The smallest absolute Gasteiger partial charge is 0.0595 e. The highest BCUT2D eigenvalue weighted by molar-refractivity contribution is 6.42. The van der Waals surface area contributed by atoms with Crippen molar-refractivity contribution in [1.29, 1.82) is 0 Å². The molecule has 0 aromatic heterocycles. The first-order valence-electron chi connectivity index (χ1n) is 7.47. The van der Waals surface area contributed by atoms with Gasteiger partial charge in [0.1, 0.15) is 0 Å². The third kappa shape index (κ3) is 2.85. The first-order chi connectivity index (χ1) is 9.69. The Morgan fingerprint density at radius 3 is 2.85 bits per heavy atom. The Labute approximate surface area is 130 Å². The van der Waals surface area contributed by atoms with Crippen LogP contribution in [0.5, 0.6) is 0 Å². The van der Waals surface area contributed by atoms with E-state index in [2.05, 4.69) is 18.3 Å². The van der Waals surface area contributed by atoms with Crippen LogP contribution >= 0.6 is 23.2 Å². The molecule has 2 unspecified atom stereocenters. The van der Waals surface area contributed by atoms with Crippen molar-refractivity contribution in [3.05, 3.63) is 33.8 Å². The predicted octanol–water partition coefficient (Wildman–Crippen LogP) is 4.25. The molecule has 0 saturated carbocycles. The Balaban J connectivity index is 1.85. The van der Waals surface area contributed by atoms with Crippen molar-refractivity contribution >= 4 is 23.2 Å². The minimum Gasteiger partial charge on any atom is -0.381 e. The molecule has 2 fully saturated rings. The van der Waals surface area contributed by atoms with Gasteiger partial charge in [0, 0.05) is 24.6 Å². The second kappa shape index (κ2) is 6.23. The van der Waals surface area contributed by atoms with Crippen molar-refractivity contribution in [3.63, 3.8) is 0 Å². The van der Waals surface area contributed by atoms with Gasteiger partial charge < -0.3 is 10.1 Å². The number of hydrogen-bond donors (Lipinski definition) is 1. The number of fused-ring (bicyclic) bond motifs is 2. The van der Waals surface area contributed by atoms with Crippen molar-refractivity contribution in [2.75, 3.05) is 13.2 Å². The molecule has 2 aliphatic heterocycles. The summed E-state index contributed by atoms with van der Waals surface area (Å²) in [6.45, 7) is 3.66. The molecule has 110 valence electrons. The van der Waals surface area contributed by atoms with Gasteiger partial charge in [0.2, 0.25) is 0 Å². The molecule has 0 spiro atoms. The monoisotopic (exact) mass is 313 g/mol. The van der Waals surface area contributed by atoms with Crippen molar-refractivity contribution in [1.82, 2.24) is 5.32 Å². The van der Waals surface area contributed by atoms with Crippen LogP contribution in [-0.4, -0.2) is 25.3 Å². The quantitative estimate of drug-likeness (QED) is 0.897. The molecular weight excluding hydrogens is 293 g/mol. The van der Waals surface area contributed by atoms with Crippen LogP contribution in [0.4, 0.5) is 0 Å². The number of nitrogens with one attached hydrogen (secondary N) is 1. The summed E-state index contributed by atoms with van der Waals surface area (Å²) in [5, 5.41) is 5.03. The van der Waals surface area contributed by atoms with E-state index in [1.165, 1.54) is 24.8 Å². The molecule has 0 amide bonds. The standard InChI is InChI=1S/C16H21Cl2NO/c1-2-20-9-13-12(8-11-4-6-16(13)19-11)10-3-5-14(17)15(18)7-10/h3,5,7,11-13,16,19H,2,4,6,8-9H2,1H3/t11?,12-,13-,16?/m1/s1. The van der Waals surface area contributed by atoms with E-state index in [-0.39, 0.29) is 0 Å². The second-order valence-corrected chi connectivity index (χ2v) is 6.70. The van der Waals surface area contributed by atoms with Crippen LogP contribution in [0.2, 0.25) is 10.0 Å². The lowest BCUT2D eigenvalue weighted by molar-refractivity contribution is 0.0723. The Morgan fingerprint density at radius 2 is 2.10 bits per heavy atom. The summed E-state index contributed by atoms with van der Waals surface area (Å²) in [6, 6.07) is 7.32. The van der Waals surface area contributed by atoms with Gasteiger partial charge in [0.25, 0.3) is 0 Å². The fourth-order valence-corrected chi connectivity index (χ4v) is 4.05. The highest BCUT2D eigenvalue weighted by Gasteiger charge is 2.42. The minimum atomic E-state index is 0.523. The van der Waals surface area contributed by atoms with Gasteiger partial charge in [0.15, 0.2) is 0 Å². The summed E-state index contributed by atoms with van der Waals surface area (Å²) in [4.78, 5) is 0. The lowest BCUT2D eigenvalue weighted by Gasteiger charge is -2.38. The molecular formula is C16H21Cl2NO. The van der Waals surface area contributed by atoms with Gasteiger partial charge in [-0.2, -0.15) is 0 Å². The Kier molecular flexibility index (Phi) is 4.56. The predicted molar refractivity (Wildman–Crippen MR) is 83.7 cm³/mol. The zero-order chi connectivity index (χ0) is 14.1. The summed E-state index contributed by atoms with van der Waals surface area (Å²) in [5.74, 6) is 1.06. The maximum absolute atomic E-state index is 6.19. The van der Waals surface area contributed by atoms with Gasteiger partial charge >= 0.3 is 0 Å². The van der Waals surface area contributed by atoms with E-state index < -0.39 is 0 Å². The van der Waals surface area contributed by atoms with Crippen molar-refractivity contribution in [2.24, 2.45) is 5.92 Å². The van der Waals surface area contributed by atoms with E-state index in [1.54, 1.807) is 0 Å². The number of rotatable bonds is 4. The van der Waals surface area contributed by atoms with Crippen LogP contribution < -0.4 is 5.32 Å². The minimum absolute atomic E-state index is 0.523. The molecule has 4 atom stereocenters. The summed E-state index contributed by atoms with van der Waals surface area (Å²) >= 11 is 12.2. The molecule has 3 rings (SSSR count). The Hall–Kier alpha value is -0.280. The summed E-state index contributed by atoms with van der Waals surface area (Å²) in [6.07, 6.45) is 3.72. The average Bonchev–Trinajstić information content (AvgIpc) is 2.83. The SMILES string of the molecule is CCOC[C@H]1C2CCC(C[C@@H]1c1ccc(Cl)c(Cl)c1)N2. The fourth-order valence-electron chi connectivity index (χ4n) is 3.75. The number of hydrogen-bond acceptors (Lipinski definition) is 2. The highest BCUT2D eigenvalue weighted by atomic mass is 35.5. The Bertz CT molecular complexity index is 480. The number of benzene rings is 1. The number of halogens is 2. The van der Waals surface area contributed by atoms with Gasteiger partial charge in [-0.25, -0.2) is 0 Å². The van der Waals surface area contributed by atoms with Gasteiger partial charge in [-0.1, -0.05) is 29.3 Å². The summed E-state index contributed by atoms with van der Waals surface area (Å²) in [7, 11) is 0. The average molecular weight is 314 g/mol. The third-order valence-corrected chi connectivity index (χ3v) is 5.47. The lowest BCUT2D eigenvalue weighted by atomic mass is 9.77. The second-order valence-electron chi connectivity index (χ2n) is 5.89. The molecule has 1 aromatic rings. The van der Waals surface area contributed by atoms with E-state index in [1.807, 2.05) is 12.1 Å². The van der Waals surface area contributed by atoms with E-state index >= 15 is 0 Å². The van der Waals surface area contributed by atoms with Gasteiger partial charge in [-0.15, -0.1) is 0 Å². The molecule has 2 aliphatic rings. The molecule has 0 radical (unpaired) electrons. The van der Waals surface area contributed by atoms with E-state index in [9.17, 15) is 0 Å². The van der Waals surface area contributed by atoms with Crippen LogP contribution in [0, 0.1) is 5.92 Å². The summed E-state index contributed by atoms with van der Waals surface area (Å²) in [5.41, 5.74) is 1.31. The first-order valence-corrected chi connectivity index (χ1v) is 8.23. The molecule has 1 N–H and O–H groups in total. The molecule has 2 heterocycles. The molecule has 2 bridgehead atoms. The van der Waals surface area contributed by atoms with Crippen molar-refractivity contribution < 1.29 is 4.74 Å². The lowest BCUT2D eigenvalue weighted by Crippen LogP contribution is -2.46. The number of piperidine rings is 1. The normalized spacial score (nSPS) is 32.5. The van der Waals surface area contributed by atoms with Crippen LogP contribution in [0.25, 0.3) is 0 Å². The van der Waals surface area contributed by atoms with Crippen LogP contribution in [0.15, 0.2) is 18.2 Å². The zero-order valence-electron chi connectivity index (χ0n) is 11.7. The molecule has 20 heavy (non-hydrogen) atoms. The van der Waals surface area contributed by atoms with Crippen molar-refractivity contribution in [3.8, 4) is 0 Å². The Morgan fingerprint density at radius 1 is 1.25 bits per heavy atom. The van der Waals surface area contributed by atoms with E-state index in [4.69, 9.17) is 27.9 Å². The topological polar surface area (TPSA) is 21.3 Å². The van der Waals surface area contributed by atoms with Crippen molar-refractivity contribution in [2.45, 2.75) is 44.2 Å². The maximum Gasteiger partial charge on any atom is 0.0595 e. The van der Waals surface area contributed by atoms with E-state index in [0.717, 1.165) is 13.2 Å².